The quantitative estimate of drug-likeness (QED) is 0.360. The Morgan fingerprint density at radius 1 is 1.50 bits per heavy atom. The van der Waals surface area contributed by atoms with Crippen molar-refractivity contribution in [1.29, 1.82) is 5.41 Å². The third-order valence-corrected chi connectivity index (χ3v) is 2.76. The van der Waals surface area contributed by atoms with E-state index in [1.165, 1.54) is 12.1 Å². The van der Waals surface area contributed by atoms with Crippen molar-refractivity contribution in [3.8, 4) is 5.88 Å². The van der Waals surface area contributed by atoms with Crippen LogP contribution in [-0.2, 0) is 0 Å². The summed E-state index contributed by atoms with van der Waals surface area (Å²) in [6, 6.07) is 2.62. The number of pyridine rings is 1. The highest BCUT2D eigenvalue weighted by molar-refractivity contribution is 5.98. The van der Waals surface area contributed by atoms with Crippen molar-refractivity contribution in [2.24, 2.45) is 0 Å². The molecule has 0 aromatic carbocycles. The average Bonchev–Trinajstić information content (AvgIpc) is 2.32. The lowest BCUT2D eigenvalue weighted by Gasteiger charge is -2.25. The fourth-order valence-corrected chi connectivity index (χ4v) is 1.54. The Morgan fingerprint density at radius 2 is 2.22 bits per heavy atom. The van der Waals surface area contributed by atoms with Gasteiger partial charge in [0.15, 0.2) is 5.69 Å². The zero-order chi connectivity index (χ0) is 13.1. The molecule has 7 heteroatoms. The van der Waals surface area contributed by atoms with Gasteiger partial charge in [-0.15, -0.1) is 0 Å². The number of aromatic nitrogens is 1. The molecule has 1 saturated carbocycles. The molecular formula is C11H13N3O4. The van der Waals surface area contributed by atoms with Crippen LogP contribution < -0.4 is 10.2 Å². The molecule has 0 aliphatic heterocycles. The van der Waals surface area contributed by atoms with Gasteiger partial charge < -0.3 is 9.84 Å². The maximum atomic E-state index is 10.9. The molecule has 1 fully saturated rings. The standard InChI is InChI=1S/C11H13N3O4/c12-10(14-17)6-4-8(11(15)16)13-9(5-6)18-7-2-1-3-7/h4-5,7,17H,1-3H2,(H2,12,14)(H,15,16). The third kappa shape index (κ3) is 2.57. The number of aromatic carboxylic acids is 1. The van der Waals surface area contributed by atoms with Crippen molar-refractivity contribution < 1.29 is 19.8 Å². The molecule has 1 aliphatic rings. The molecule has 1 aromatic heterocycles. The molecule has 1 heterocycles. The summed E-state index contributed by atoms with van der Waals surface area (Å²) in [7, 11) is 0. The zero-order valence-corrected chi connectivity index (χ0v) is 9.51. The molecular weight excluding hydrogens is 238 g/mol. The number of nitrogens with zero attached hydrogens (tertiary/aromatic N) is 1. The normalized spacial score (nSPS) is 14.7. The molecule has 0 atom stereocenters. The molecule has 1 aliphatic carbocycles. The van der Waals surface area contributed by atoms with Gasteiger partial charge in [0, 0.05) is 11.6 Å². The second-order valence-electron chi connectivity index (χ2n) is 4.04. The smallest absolute Gasteiger partial charge is 0.354 e. The van der Waals surface area contributed by atoms with Crippen LogP contribution in [0, 0.1) is 5.41 Å². The maximum absolute atomic E-state index is 10.9. The number of ether oxygens (including phenoxy) is 1. The maximum Gasteiger partial charge on any atom is 0.354 e. The number of hydrogen-bond donors (Lipinski definition) is 4. The third-order valence-electron chi connectivity index (χ3n) is 2.76. The second kappa shape index (κ2) is 5.01. The van der Waals surface area contributed by atoms with E-state index in [4.69, 9.17) is 20.5 Å². The number of carbonyl (C=O) groups is 1. The molecule has 0 spiro atoms. The predicted octanol–water partition coefficient (Wildman–Crippen LogP) is 1.02. The molecule has 0 radical (unpaired) electrons. The Hall–Kier alpha value is -2.15. The van der Waals surface area contributed by atoms with Crippen LogP contribution >= 0.6 is 0 Å². The summed E-state index contributed by atoms with van der Waals surface area (Å²) in [5.74, 6) is -1.35. The summed E-state index contributed by atoms with van der Waals surface area (Å²) >= 11 is 0. The average molecular weight is 251 g/mol. The molecule has 0 saturated heterocycles. The van der Waals surface area contributed by atoms with E-state index in [0.29, 0.717) is 0 Å². The molecule has 96 valence electrons. The zero-order valence-electron chi connectivity index (χ0n) is 9.51. The molecule has 0 amide bonds. The summed E-state index contributed by atoms with van der Waals surface area (Å²) in [6.45, 7) is 0. The molecule has 18 heavy (non-hydrogen) atoms. The van der Waals surface area contributed by atoms with Crippen molar-refractivity contribution >= 4 is 11.8 Å². The van der Waals surface area contributed by atoms with Gasteiger partial charge >= 0.3 is 5.97 Å². The van der Waals surface area contributed by atoms with E-state index in [1.807, 2.05) is 0 Å². The number of amidine groups is 1. The SMILES string of the molecule is N=C(NO)c1cc(OC2CCC2)nc(C(=O)O)c1. The summed E-state index contributed by atoms with van der Waals surface area (Å²) in [6.07, 6.45) is 2.99. The first-order chi connectivity index (χ1) is 8.60. The van der Waals surface area contributed by atoms with Gasteiger partial charge in [0.25, 0.3) is 0 Å². The molecule has 0 unspecified atom stereocenters. The number of carboxylic acids is 1. The lowest BCUT2D eigenvalue weighted by Crippen LogP contribution is -2.26. The molecule has 7 nitrogen and oxygen atoms in total. The Labute approximate surface area is 103 Å². The Kier molecular flexibility index (Phi) is 3.42. The summed E-state index contributed by atoms with van der Waals surface area (Å²) < 4.78 is 5.50. The number of nitrogens with one attached hydrogen (secondary N) is 2. The molecule has 4 N–H and O–H groups in total. The van der Waals surface area contributed by atoms with Crippen LogP contribution in [0.4, 0.5) is 0 Å². The minimum Gasteiger partial charge on any atom is -0.477 e. The Balaban J connectivity index is 2.29. The molecule has 2 rings (SSSR count). The molecule has 0 bridgehead atoms. The van der Waals surface area contributed by atoms with Crippen LogP contribution in [0.3, 0.4) is 0 Å². The topological polar surface area (TPSA) is 116 Å². The number of carboxylic acid groups (broad SMARTS) is 1. The minimum absolute atomic E-state index is 0.0608. The fourth-order valence-electron chi connectivity index (χ4n) is 1.54. The highest BCUT2D eigenvalue weighted by Crippen LogP contribution is 2.24. The highest BCUT2D eigenvalue weighted by Gasteiger charge is 2.21. The second-order valence-corrected chi connectivity index (χ2v) is 4.04. The van der Waals surface area contributed by atoms with E-state index < -0.39 is 5.97 Å². The van der Waals surface area contributed by atoms with Gasteiger partial charge in [-0.2, -0.15) is 0 Å². The van der Waals surface area contributed by atoms with Crippen LogP contribution in [0.5, 0.6) is 5.88 Å². The van der Waals surface area contributed by atoms with E-state index in [1.54, 1.807) is 5.48 Å². The van der Waals surface area contributed by atoms with Crippen molar-refractivity contribution in [3.63, 3.8) is 0 Å². The van der Waals surface area contributed by atoms with Crippen LogP contribution in [0.1, 0.15) is 35.3 Å². The predicted molar refractivity (Wildman–Crippen MR) is 61.2 cm³/mol. The van der Waals surface area contributed by atoms with Crippen molar-refractivity contribution in [1.82, 2.24) is 10.5 Å². The van der Waals surface area contributed by atoms with Gasteiger partial charge in [-0.25, -0.2) is 9.78 Å². The van der Waals surface area contributed by atoms with Gasteiger partial charge in [-0.05, 0) is 25.3 Å². The number of rotatable bonds is 4. The van der Waals surface area contributed by atoms with Crippen molar-refractivity contribution in [2.45, 2.75) is 25.4 Å². The van der Waals surface area contributed by atoms with E-state index in [9.17, 15) is 4.79 Å². The van der Waals surface area contributed by atoms with E-state index in [0.717, 1.165) is 19.3 Å². The lowest BCUT2D eigenvalue weighted by atomic mass is 9.96. The first-order valence-corrected chi connectivity index (χ1v) is 5.51. The minimum atomic E-state index is -1.21. The van der Waals surface area contributed by atoms with Crippen LogP contribution in [0.2, 0.25) is 0 Å². The molecule has 1 aromatic rings. The summed E-state index contributed by atoms with van der Waals surface area (Å²) in [4.78, 5) is 14.8. The van der Waals surface area contributed by atoms with E-state index in [2.05, 4.69) is 4.98 Å². The van der Waals surface area contributed by atoms with Gasteiger partial charge in [-0.3, -0.25) is 16.1 Å². The summed E-state index contributed by atoms with van der Waals surface area (Å²) in [5, 5.41) is 25.0. The largest absolute Gasteiger partial charge is 0.477 e. The first-order valence-electron chi connectivity index (χ1n) is 5.51. The van der Waals surface area contributed by atoms with E-state index in [-0.39, 0.29) is 29.1 Å². The van der Waals surface area contributed by atoms with Gasteiger partial charge in [0.1, 0.15) is 11.9 Å². The Bertz CT molecular complexity index is 485. The summed E-state index contributed by atoms with van der Waals surface area (Å²) in [5.41, 5.74) is 1.65. The van der Waals surface area contributed by atoms with Crippen molar-refractivity contribution in [3.05, 3.63) is 23.4 Å². The lowest BCUT2D eigenvalue weighted by molar-refractivity contribution is 0.0685. The fraction of sp³-hybridized carbons (Fsp3) is 0.364. The van der Waals surface area contributed by atoms with Crippen molar-refractivity contribution in [2.75, 3.05) is 0 Å². The Morgan fingerprint density at radius 3 is 2.72 bits per heavy atom. The number of hydroxylamine groups is 1. The number of hydrogen-bond acceptors (Lipinski definition) is 5. The van der Waals surface area contributed by atoms with Crippen LogP contribution in [-0.4, -0.2) is 33.2 Å². The van der Waals surface area contributed by atoms with E-state index >= 15 is 0 Å². The van der Waals surface area contributed by atoms with Gasteiger partial charge in [-0.1, -0.05) is 0 Å². The van der Waals surface area contributed by atoms with Gasteiger partial charge in [0.2, 0.25) is 5.88 Å². The monoisotopic (exact) mass is 251 g/mol. The van der Waals surface area contributed by atoms with Crippen LogP contribution in [0.15, 0.2) is 12.1 Å². The van der Waals surface area contributed by atoms with Gasteiger partial charge in [0.05, 0.1) is 0 Å². The highest BCUT2D eigenvalue weighted by atomic mass is 16.5. The van der Waals surface area contributed by atoms with Crippen LogP contribution in [0.25, 0.3) is 0 Å². The first kappa shape index (κ1) is 12.3.